The molecule has 32 heavy (non-hydrogen) atoms. The Hall–Kier alpha value is -2.38. The molecule has 0 aromatic heterocycles. The monoisotopic (exact) mass is 458 g/mol. The first-order valence-corrected chi connectivity index (χ1v) is 12.6. The van der Waals surface area contributed by atoms with Crippen LogP contribution in [0.3, 0.4) is 0 Å². The molecule has 174 valence electrons. The van der Waals surface area contributed by atoms with Crippen molar-refractivity contribution in [3.05, 3.63) is 58.1 Å². The van der Waals surface area contributed by atoms with Gasteiger partial charge in [-0.1, -0.05) is 19.1 Å². The Bertz CT molecular complexity index is 1100. The summed E-state index contributed by atoms with van der Waals surface area (Å²) in [5.41, 5.74) is 4.54. The molecule has 1 heterocycles. The second kappa shape index (κ2) is 9.63. The number of rotatable bonds is 6. The van der Waals surface area contributed by atoms with E-state index in [9.17, 15) is 13.2 Å². The predicted molar refractivity (Wildman–Crippen MR) is 127 cm³/mol. The van der Waals surface area contributed by atoms with Gasteiger partial charge in [0.1, 0.15) is 5.75 Å². The van der Waals surface area contributed by atoms with Gasteiger partial charge in [0.15, 0.2) is 0 Å². The van der Waals surface area contributed by atoms with Gasteiger partial charge in [0, 0.05) is 19.1 Å². The number of aryl methyl sites for hydroxylation is 3. The van der Waals surface area contributed by atoms with Gasteiger partial charge in [0.05, 0.1) is 17.6 Å². The molecule has 2 aromatic carbocycles. The highest BCUT2D eigenvalue weighted by molar-refractivity contribution is 7.89. The van der Waals surface area contributed by atoms with E-state index in [1.807, 2.05) is 33.8 Å². The lowest BCUT2D eigenvalue weighted by Crippen LogP contribution is -2.38. The first-order valence-electron chi connectivity index (χ1n) is 11.1. The summed E-state index contributed by atoms with van der Waals surface area (Å²) in [7, 11) is -2.36. The second-order valence-corrected chi connectivity index (χ2v) is 10.7. The fourth-order valence-corrected chi connectivity index (χ4v) is 5.47. The largest absolute Gasteiger partial charge is 0.496 e. The molecule has 1 N–H and O–H groups in total. The summed E-state index contributed by atoms with van der Waals surface area (Å²) in [5, 5.41) is 0. The normalized spacial score (nSPS) is 16.1. The van der Waals surface area contributed by atoms with E-state index in [0.29, 0.717) is 24.8 Å². The predicted octanol–water partition coefficient (Wildman–Crippen LogP) is 4.53. The van der Waals surface area contributed by atoms with Crippen LogP contribution in [0.25, 0.3) is 0 Å². The zero-order valence-corrected chi connectivity index (χ0v) is 20.7. The number of carbonyl (C=O) groups excluding carboxylic acids is 1. The molecule has 1 saturated heterocycles. The van der Waals surface area contributed by atoms with Crippen molar-refractivity contribution in [2.45, 2.75) is 58.4 Å². The van der Waals surface area contributed by atoms with Crippen LogP contribution in [0.2, 0.25) is 0 Å². The number of nitrogens with zero attached hydrogens (tertiary/aromatic N) is 1. The average Bonchev–Trinajstić information content (AvgIpc) is 2.75. The fourth-order valence-electron chi connectivity index (χ4n) is 4.22. The number of ether oxygens (including phenoxy) is 1. The Morgan fingerprint density at radius 1 is 1.06 bits per heavy atom. The number of methoxy groups -OCH3 is 1. The van der Waals surface area contributed by atoms with E-state index >= 15 is 0 Å². The van der Waals surface area contributed by atoms with Gasteiger partial charge >= 0.3 is 0 Å². The topological polar surface area (TPSA) is 75.7 Å². The standard InChI is InChI=1S/C25H34N2O4S/c1-16-9-11-27(12-10-16)25(28)23-15-21(7-8-24(23)31-6)32(29,30)26-20(5)22-14-18(3)17(2)13-19(22)4/h7-8,13-16,20,26H,9-12H2,1-6H3/t20-/m1/s1. The van der Waals surface area contributed by atoms with Crippen LogP contribution in [-0.4, -0.2) is 39.4 Å². The van der Waals surface area contributed by atoms with Gasteiger partial charge in [-0.2, -0.15) is 0 Å². The van der Waals surface area contributed by atoms with Crippen molar-refractivity contribution < 1.29 is 17.9 Å². The molecule has 0 spiro atoms. The number of sulfonamides is 1. The van der Waals surface area contributed by atoms with Crippen LogP contribution in [0, 0.1) is 26.7 Å². The highest BCUT2D eigenvalue weighted by Crippen LogP contribution is 2.28. The lowest BCUT2D eigenvalue weighted by molar-refractivity contribution is 0.0693. The van der Waals surface area contributed by atoms with Gasteiger partial charge in [-0.15, -0.1) is 0 Å². The summed E-state index contributed by atoms with van der Waals surface area (Å²) in [6.45, 7) is 11.4. The molecule has 1 aliphatic rings. The summed E-state index contributed by atoms with van der Waals surface area (Å²) in [6, 6.07) is 8.15. The number of hydrogen-bond donors (Lipinski definition) is 1. The van der Waals surface area contributed by atoms with Crippen LogP contribution in [0.5, 0.6) is 5.75 Å². The van der Waals surface area contributed by atoms with Crippen molar-refractivity contribution in [3.8, 4) is 5.75 Å². The second-order valence-electron chi connectivity index (χ2n) is 8.97. The van der Waals surface area contributed by atoms with Crippen molar-refractivity contribution in [1.82, 2.24) is 9.62 Å². The molecular formula is C25H34N2O4S. The van der Waals surface area contributed by atoms with Crippen molar-refractivity contribution >= 4 is 15.9 Å². The highest BCUT2D eigenvalue weighted by Gasteiger charge is 2.27. The molecule has 3 rings (SSSR count). The van der Waals surface area contributed by atoms with E-state index in [1.54, 1.807) is 11.0 Å². The van der Waals surface area contributed by atoms with Crippen LogP contribution in [-0.2, 0) is 10.0 Å². The summed E-state index contributed by atoms with van der Waals surface area (Å²) in [5.74, 6) is 0.779. The fraction of sp³-hybridized carbons (Fsp3) is 0.480. The van der Waals surface area contributed by atoms with Crippen molar-refractivity contribution in [3.63, 3.8) is 0 Å². The third-order valence-corrected chi connectivity index (χ3v) is 8.00. The van der Waals surface area contributed by atoms with E-state index in [1.165, 1.54) is 24.8 Å². The van der Waals surface area contributed by atoms with Gasteiger partial charge in [-0.05, 0) is 86.9 Å². The van der Waals surface area contributed by atoms with E-state index in [0.717, 1.165) is 29.5 Å². The zero-order chi connectivity index (χ0) is 23.6. The van der Waals surface area contributed by atoms with Crippen LogP contribution in [0.4, 0.5) is 0 Å². The molecule has 2 aromatic rings. The van der Waals surface area contributed by atoms with Crippen LogP contribution in [0.1, 0.15) is 65.3 Å². The number of hydrogen-bond acceptors (Lipinski definition) is 4. The first kappa shape index (κ1) is 24.3. The van der Waals surface area contributed by atoms with Crippen molar-refractivity contribution in [2.75, 3.05) is 20.2 Å². The van der Waals surface area contributed by atoms with Crippen molar-refractivity contribution in [1.29, 1.82) is 0 Å². The summed E-state index contributed by atoms with van der Waals surface area (Å²) in [6.07, 6.45) is 1.89. The number of nitrogens with one attached hydrogen (secondary N) is 1. The van der Waals surface area contributed by atoms with Gasteiger partial charge in [0.25, 0.3) is 5.91 Å². The van der Waals surface area contributed by atoms with E-state index in [2.05, 4.69) is 17.7 Å². The lowest BCUT2D eigenvalue weighted by Gasteiger charge is -2.30. The molecule has 7 heteroatoms. The minimum atomic E-state index is -3.84. The molecular weight excluding hydrogens is 424 g/mol. The minimum Gasteiger partial charge on any atom is -0.496 e. The van der Waals surface area contributed by atoms with Crippen LogP contribution in [0.15, 0.2) is 35.2 Å². The Labute approximate surface area is 192 Å². The molecule has 0 aliphatic carbocycles. The molecule has 0 unspecified atom stereocenters. The Balaban J connectivity index is 1.89. The maximum atomic E-state index is 13.2. The maximum absolute atomic E-state index is 13.2. The Morgan fingerprint density at radius 2 is 1.69 bits per heavy atom. The maximum Gasteiger partial charge on any atom is 0.257 e. The smallest absolute Gasteiger partial charge is 0.257 e. The third-order valence-electron chi connectivity index (χ3n) is 6.46. The third kappa shape index (κ3) is 5.15. The molecule has 1 fully saturated rings. The van der Waals surface area contributed by atoms with Gasteiger partial charge in [-0.3, -0.25) is 4.79 Å². The molecule has 0 saturated carbocycles. The first-order chi connectivity index (χ1) is 15.0. The Morgan fingerprint density at radius 3 is 2.31 bits per heavy atom. The van der Waals surface area contributed by atoms with Crippen LogP contribution >= 0.6 is 0 Å². The number of benzene rings is 2. The van der Waals surface area contributed by atoms with E-state index in [4.69, 9.17) is 4.74 Å². The summed E-state index contributed by atoms with van der Waals surface area (Å²) in [4.78, 5) is 15.0. The molecule has 1 amide bonds. The number of amides is 1. The zero-order valence-electron chi connectivity index (χ0n) is 19.9. The molecule has 0 radical (unpaired) electrons. The van der Waals surface area contributed by atoms with Crippen LogP contribution < -0.4 is 9.46 Å². The quantitative estimate of drug-likeness (QED) is 0.690. The van der Waals surface area contributed by atoms with E-state index < -0.39 is 16.1 Å². The van der Waals surface area contributed by atoms with Crippen molar-refractivity contribution in [2.24, 2.45) is 5.92 Å². The Kier molecular flexibility index (Phi) is 7.30. The van der Waals surface area contributed by atoms with E-state index in [-0.39, 0.29) is 16.4 Å². The molecule has 1 atom stereocenters. The number of piperidine rings is 1. The highest BCUT2D eigenvalue weighted by atomic mass is 32.2. The summed E-state index contributed by atoms with van der Waals surface area (Å²) < 4.78 is 34.5. The SMILES string of the molecule is COc1ccc(S(=O)(=O)N[C@H](C)c2cc(C)c(C)cc2C)cc1C(=O)N1CCC(C)CC1. The van der Waals surface area contributed by atoms with Gasteiger partial charge < -0.3 is 9.64 Å². The summed E-state index contributed by atoms with van der Waals surface area (Å²) >= 11 is 0. The molecule has 0 bridgehead atoms. The average molecular weight is 459 g/mol. The number of carbonyl (C=O) groups is 1. The lowest BCUT2D eigenvalue weighted by atomic mass is 9.97. The van der Waals surface area contributed by atoms with Gasteiger partial charge in [-0.25, -0.2) is 13.1 Å². The molecule has 6 nitrogen and oxygen atoms in total. The molecule has 1 aliphatic heterocycles. The minimum absolute atomic E-state index is 0.0559. The van der Waals surface area contributed by atoms with Gasteiger partial charge in [0.2, 0.25) is 10.0 Å². The number of likely N-dealkylation sites (tertiary alicyclic amines) is 1.